The molecule has 136 valence electrons. The van der Waals surface area contributed by atoms with E-state index in [9.17, 15) is 9.59 Å². The number of urea groups is 1. The fraction of sp³-hybridized carbons (Fsp3) is 0.600. The summed E-state index contributed by atoms with van der Waals surface area (Å²) in [4.78, 5) is 26.4. The summed E-state index contributed by atoms with van der Waals surface area (Å²) in [6.07, 6.45) is 4.70. The van der Waals surface area contributed by atoms with E-state index in [0.717, 1.165) is 37.7 Å². The Labute approximate surface area is 150 Å². The molecule has 1 aliphatic heterocycles. The maximum Gasteiger partial charge on any atom is 0.317 e. The number of benzene rings is 1. The molecule has 0 aromatic heterocycles. The lowest BCUT2D eigenvalue weighted by Crippen LogP contribution is -2.47. The first-order valence-electron chi connectivity index (χ1n) is 9.51. The van der Waals surface area contributed by atoms with Gasteiger partial charge in [0.1, 0.15) is 0 Å². The summed E-state index contributed by atoms with van der Waals surface area (Å²) in [5.74, 6) is 0.108. The summed E-state index contributed by atoms with van der Waals surface area (Å²) in [5.41, 5.74) is 2.44. The Bertz CT molecular complexity index is 602. The van der Waals surface area contributed by atoms with Crippen LogP contribution in [0.4, 0.5) is 4.79 Å². The summed E-state index contributed by atoms with van der Waals surface area (Å²) >= 11 is 0. The van der Waals surface area contributed by atoms with Gasteiger partial charge in [-0.3, -0.25) is 4.79 Å². The molecule has 1 saturated heterocycles. The molecule has 0 spiro atoms. The molecule has 5 heteroatoms. The lowest BCUT2D eigenvalue weighted by molar-refractivity contribution is -0.126. The molecule has 25 heavy (non-hydrogen) atoms. The van der Waals surface area contributed by atoms with Crippen molar-refractivity contribution in [2.75, 3.05) is 13.1 Å². The van der Waals surface area contributed by atoms with Crippen LogP contribution in [0.3, 0.4) is 0 Å². The number of carbonyl (C=O) groups is 2. The minimum atomic E-state index is 0.00217. The summed E-state index contributed by atoms with van der Waals surface area (Å²) in [7, 11) is 0. The number of carbonyl (C=O) groups excluding carboxylic acids is 2. The Kier molecular flexibility index (Phi) is 5.61. The smallest absolute Gasteiger partial charge is 0.317 e. The molecule has 0 unspecified atom stereocenters. The average molecular weight is 343 g/mol. The van der Waals surface area contributed by atoms with Crippen molar-refractivity contribution in [3.8, 4) is 0 Å². The lowest BCUT2D eigenvalue weighted by Gasteiger charge is -2.32. The monoisotopic (exact) mass is 343 g/mol. The van der Waals surface area contributed by atoms with E-state index < -0.39 is 0 Å². The topological polar surface area (TPSA) is 61.4 Å². The fourth-order valence-electron chi connectivity index (χ4n) is 3.29. The summed E-state index contributed by atoms with van der Waals surface area (Å²) in [6, 6.07) is 8.85. The first-order valence-corrected chi connectivity index (χ1v) is 9.51. The Morgan fingerprint density at radius 2 is 1.76 bits per heavy atom. The van der Waals surface area contributed by atoms with Gasteiger partial charge in [0.05, 0.1) is 6.04 Å². The van der Waals surface area contributed by atoms with Gasteiger partial charge in [-0.1, -0.05) is 31.2 Å². The second kappa shape index (κ2) is 7.89. The van der Waals surface area contributed by atoms with E-state index in [1.54, 1.807) is 0 Å². The van der Waals surface area contributed by atoms with Crippen LogP contribution < -0.4 is 10.6 Å². The molecule has 2 aliphatic rings. The van der Waals surface area contributed by atoms with Gasteiger partial charge in [0, 0.05) is 25.0 Å². The minimum Gasteiger partial charge on any atom is -0.349 e. The second-order valence-electron chi connectivity index (χ2n) is 7.31. The minimum absolute atomic E-state index is 0.00217. The summed E-state index contributed by atoms with van der Waals surface area (Å²) < 4.78 is 0. The van der Waals surface area contributed by atoms with E-state index in [1.807, 2.05) is 11.8 Å². The van der Waals surface area contributed by atoms with E-state index in [-0.39, 0.29) is 23.9 Å². The van der Waals surface area contributed by atoms with Gasteiger partial charge >= 0.3 is 6.03 Å². The number of amides is 3. The average Bonchev–Trinajstić information content (AvgIpc) is 3.45. The van der Waals surface area contributed by atoms with E-state index in [4.69, 9.17) is 0 Å². The van der Waals surface area contributed by atoms with Crippen molar-refractivity contribution in [3.05, 3.63) is 35.4 Å². The third-order valence-electron chi connectivity index (χ3n) is 5.30. The van der Waals surface area contributed by atoms with Crippen molar-refractivity contribution >= 4 is 11.9 Å². The van der Waals surface area contributed by atoms with Gasteiger partial charge in [-0.2, -0.15) is 0 Å². The van der Waals surface area contributed by atoms with Gasteiger partial charge < -0.3 is 15.5 Å². The number of piperidine rings is 1. The van der Waals surface area contributed by atoms with Crippen molar-refractivity contribution in [1.82, 2.24) is 15.5 Å². The zero-order chi connectivity index (χ0) is 17.8. The molecule has 1 heterocycles. The Morgan fingerprint density at radius 1 is 1.12 bits per heavy atom. The number of nitrogens with one attached hydrogen (secondary N) is 2. The number of hydrogen-bond donors (Lipinski definition) is 2. The summed E-state index contributed by atoms with van der Waals surface area (Å²) in [5, 5.41) is 6.15. The molecule has 1 saturated carbocycles. The Balaban J connectivity index is 1.45. The van der Waals surface area contributed by atoms with Crippen molar-refractivity contribution in [1.29, 1.82) is 0 Å². The van der Waals surface area contributed by atoms with Crippen LogP contribution in [0.1, 0.15) is 56.7 Å². The molecule has 5 nitrogen and oxygen atoms in total. The number of aryl methyl sites for hydroxylation is 1. The van der Waals surface area contributed by atoms with Gasteiger partial charge in [0.25, 0.3) is 0 Å². The Hall–Kier alpha value is -2.04. The highest BCUT2D eigenvalue weighted by Crippen LogP contribution is 2.22. The van der Waals surface area contributed by atoms with Crippen molar-refractivity contribution in [2.24, 2.45) is 5.92 Å². The second-order valence-corrected chi connectivity index (χ2v) is 7.31. The van der Waals surface area contributed by atoms with Crippen molar-refractivity contribution in [3.63, 3.8) is 0 Å². The van der Waals surface area contributed by atoms with Crippen LogP contribution in [0.15, 0.2) is 24.3 Å². The van der Waals surface area contributed by atoms with Crippen LogP contribution in [0, 0.1) is 5.92 Å². The van der Waals surface area contributed by atoms with Gasteiger partial charge in [-0.25, -0.2) is 4.79 Å². The van der Waals surface area contributed by atoms with Crippen LogP contribution in [-0.4, -0.2) is 36.0 Å². The molecular formula is C20H29N3O2. The highest BCUT2D eigenvalue weighted by atomic mass is 16.2. The largest absolute Gasteiger partial charge is 0.349 e. The molecule has 1 aromatic carbocycles. The molecule has 0 bridgehead atoms. The fourth-order valence-corrected chi connectivity index (χ4v) is 3.29. The molecule has 3 rings (SSSR count). The number of nitrogens with zero attached hydrogens (tertiary/aromatic N) is 1. The standard InChI is InChI=1S/C20H29N3O2/c1-3-15-4-6-16(7-5-15)14(2)21-19(24)17-10-12-23(13-11-17)20(25)22-18-8-9-18/h4-7,14,17-18H,3,8-13H2,1-2H3,(H,21,24)(H,22,25)/t14-/m0/s1. The van der Waals surface area contributed by atoms with Gasteiger partial charge in [-0.05, 0) is 50.2 Å². The van der Waals surface area contributed by atoms with Gasteiger partial charge in [0.2, 0.25) is 5.91 Å². The predicted molar refractivity (Wildman–Crippen MR) is 98.2 cm³/mol. The van der Waals surface area contributed by atoms with Crippen LogP contribution in [0.2, 0.25) is 0 Å². The van der Waals surface area contributed by atoms with Crippen molar-refractivity contribution < 1.29 is 9.59 Å². The van der Waals surface area contributed by atoms with Crippen LogP contribution in [0.5, 0.6) is 0 Å². The zero-order valence-corrected chi connectivity index (χ0v) is 15.3. The highest BCUT2D eigenvalue weighted by molar-refractivity contribution is 5.80. The van der Waals surface area contributed by atoms with Crippen molar-refractivity contribution in [2.45, 2.75) is 58.0 Å². The SMILES string of the molecule is CCc1ccc([C@H](C)NC(=O)C2CCN(C(=O)NC3CC3)CC2)cc1. The lowest BCUT2D eigenvalue weighted by atomic mass is 9.95. The molecule has 1 aromatic rings. The molecular weight excluding hydrogens is 314 g/mol. The van der Waals surface area contributed by atoms with Crippen LogP contribution in [-0.2, 0) is 11.2 Å². The van der Waals surface area contributed by atoms with Crippen LogP contribution >= 0.6 is 0 Å². The highest BCUT2D eigenvalue weighted by Gasteiger charge is 2.30. The molecule has 0 radical (unpaired) electrons. The van der Waals surface area contributed by atoms with Crippen LogP contribution in [0.25, 0.3) is 0 Å². The molecule has 3 amide bonds. The normalized spacial score (nSPS) is 19.4. The molecule has 2 N–H and O–H groups in total. The van der Waals surface area contributed by atoms with E-state index in [2.05, 4.69) is 41.8 Å². The number of hydrogen-bond acceptors (Lipinski definition) is 2. The number of likely N-dealkylation sites (tertiary alicyclic amines) is 1. The maximum atomic E-state index is 12.5. The summed E-state index contributed by atoms with van der Waals surface area (Å²) in [6.45, 7) is 5.49. The first kappa shape index (κ1) is 17.8. The third-order valence-corrected chi connectivity index (χ3v) is 5.30. The maximum absolute atomic E-state index is 12.5. The van der Waals surface area contributed by atoms with Gasteiger partial charge in [0.15, 0.2) is 0 Å². The molecule has 1 aliphatic carbocycles. The zero-order valence-electron chi connectivity index (χ0n) is 15.3. The molecule has 2 fully saturated rings. The van der Waals surface area contributed by atoms with E-state index >= 15 is 0 Å². The first-order chi connectivity index (χ1) is 12.1. The predicted octanol–water partition coefficient (Wildman–Crippen LogP) is 3.01. The molecule has 1 atom stereocenters. The van der Waals surface area contributed by atoms with E-state index in [0.29, 0.717) is 19.1 Å². The number of rotatable bonds is 5. The Morgan fingerprint density at radius 3 is 2.32 bits per heavy atom. The van der Waals surface area contributed by atoms with E-state index in [1.165, 1.54) is 5.56 Å². The third kappa shape index (κ3) is 4.74. The quantitative estimate of drug-likeness (QED) is 0.863. The van der Waals surface area contributed by atoms with Gasteiger partial charge in [-0.15, -0.1) is 0 Å².